The number of hydrogen-bond acceptors (Lipinski definition) is 3. The third-order valence-electron chi connectivity index (χ3n) is 4.04. The molecule has 2 fully saturated rings. The summed E-state index contributed by atoms with van der Waals surface area (Å²) in [4.78, 5) is 11.8. The van der Waals surface area contributed by atoms with Crippen molar-refractivity contribution in [1.29, 1.82) is 0 Å². The molecule has 2 aliphatic rings. The fraction of sp³-hybridized carbons (Fsp3) is 0.923. The summed E-state index contributed by atoms with van der Waals surface area (Å²) in [5.41, 5.74) is -0.406. The Labute approximate surface area is 97.5 Å². The summed E-state index contributed by atoms with van der Waals surface area (Å²) >= 11 is 0. The number of cyclic esters (lactones) is 1. The van der Waals surface area contributed by atoms with Crippen molar-refractivity contribution in [3.63, 3.8) is 0 Å². The van der Waals surface area contributed by atoms with Crippen LogP contribution in [-0.4, -0.2) is 25.8 Å². The molecule has 0 aromatic carbocycles. The molecule has 2 atom stereocenters. The van der Waals surface area contributed by atoms with Gasteiger partial charge >= 0.3 is 5.97 Å². The second kappa shape index (κ2) is 4.74. The first-order valence-electron chi connectivity index (χ1n) is 6.36. The number of ether oxygens (including phenoxy) is 2. The van der Waals surface area contributed by atoms with E-state index in [0.717, 1.165) is 6.42 Å². The van der Waals surface area contributed by atoms with E-state index in [9.17, 15) is 4.79 Å². The molecular weight excluding hydrogens is 204 g/mol. The minimum Gasteiger partial charge on any atom is -0.462 e. The Bertz CT molecular complexity index is 258. The van der Waals surface area contributed by atoms with Crippen molar-refractivity contribution < 1.29 is 14.3 Å². The van der Waals surface area contributed by atoms with E-state index in [4.69, 9.17) is 9.47 Å². The molecule has 1 aliphatic carbocycles. The Morgan fingerprint density at radius 1 is 1.38 bits per heavy atom. The normalized spacial score (nSPS) is 36.4. The Morgan fingerprint density at radius 2 is 2.06 bits per heavy atom. The third-order valence-corrected chi connectivity index (χ3v) is 4.04. The summed E-state index contributed by atoms with van der Waals surface area (Å²) in [6.45, 7) is 2.44. The zero-order valence-corrected chi connectivity index (χ0v) is 10.3. The molecule has 0 amide bonds. The van der Waals surface area contributed by atoms with E-state index in [1.807, 2.05) is 6.92 Å². The van der Waals surface area contributed by atoms with Crippen molar-refractivity contribution in [3.8, 4) is 0 Å². The van der Waals surface area contributed by atoms with E-state index < -0.39 is 5.41 Å². The molecular formula is C13H22O3. The Balaban J connectivity index is 1.97. The second-order valence-corrected chi connectivity index (χ2v) is 5.54. The van der Waals surface area contributed by atoms with E-state index >= 15 is 0 Å². The van der Waals surface area contributed by atoms with Gasteiger partial charge in [0.25, 0.3) is 0 Å². The lowest BCUT2D eigenvalue weighted by Gasteiger charge is -2.26. The zero-order valence-electron chi connectivity index (χ0n) is 10.3. The van der Waals surface area contributed by atoms with Crippen LogP contribution in [0.4, 0.5) is 0 Å². The number of esters is 1. The molecule has 1 saturated carbocycles. The molecule has 3 nitrogen and oxygen atoms in total. The first-order chi connectivity index (χ1) is 7.65. The van der Waals surface area contributed by atoms with Crippen molar-refractivity contribution in [2.24, 2.45) is 11.3 Å². The van der Waals surface area contributed by atoms with Crippen LogP contribution >= 0.6 is 0 Å². The van der Waals surface area contributed by atoms with E-state index in [1.54, 1.807) is 7.11 Å². The molecule has 0 aromatic heterocycles. The largest absolute Gasteiger partial charge is 0.462 e. The molecule has 1 heterocycles. The van der Waals surface area contributed by atoms with Crippen LogP contribution in [0, 0.1) is 11.3 Å². The maximum absolute atomic E-state index is 11.8. The van der Waals surface area contributed by atoms with Crippen molar-refractivity contribution in [1.82, 2.24) is 0 Å². The van der Waals surface area contributed by atoms with Crippen LogP contribution < -0.4 is 0 Å². The van der Waals surface area contributed by atoms with E-state index in [2.05, 4.69) is 0 Å². The fourth-order valence-electron chi connectivity index (χ4n) is 3.05. The van der Waals surface area contributed by atoms with Crippen LogP contribution in [0.15, 0.2) is 0 Å². The number of methoxy groups -OCH3 is 1. The molecule has 3 heteroatoms. The molecule has 0 spiro atoms. The standard InChI is InChI=1S/C13H22O3/c1-13(9-15-2)8-11(16-12(13)14)10-6-4-3-5-7-10/h10-11H,3-9H2,1-2H3. The highest BCUT2D eigenvalue weighted by Gasteiger charge is 2.47. The van der Waals surface area contributed by atoms with Crippen LogP contribution in [0.1, 0.15) is 45.4 Å². The predicted molar refractivity (Wildman–Crippen MR) is 61.1 cm³/mol. The highest BCUT2D eigenvalue weighted by Crippen LogP contribution is 2.40. The van der Waals surface area contributed by atoms with Gasteiger partial charge in [-0.2, -0.15) is 0 Å². The minimum absolute atomic E-state index is 0.0649. The maximum atomic E-state index is 11.8. The Hall–Kier alpha value is -0.570. The summed E-state index contributed by atoms with van der Waals surface area (Å²) in [6, 6.07) is 0. The minimum atomic E-state index is -0.406. The van der Waals surface area contributed by atoms with Crippen LogP contribution in [-0.2, 0) is 14.3 Å². The molecule has 16 heavy (non-hydrogen) atoms. The molecule has 0 radical (unpaired) electrons. The van der Waals surface area contributed by atoms with E-state index in [0.29, 0.717) is 12.5 Å². The van der Waals surface area contributed by atoms with Crippen LogP contribution in [0.5, 0.6) is 0 Å². The van der Waals surface area contributed by atoms with Gasteiger partial charge in [0.2, 0.25) is 0 Å². The van der Waals surface area contributed by atoms with Crippen molar-refractivity contribution in [2.45, 2.75) is 51.6 Å². The monoisotopic (exact) mass is 226 g/mol. The van der Waals surface area contributed by atoms with E-state index in [1.165, 1.54) is 32.1 Å². The molecule has 92 valence electrons. The topological polar surface area (TPSA) is 35.5 Å². The van der Waals surface area contributed by atoms with Gasteiger partial charge in [-0.05, 0) is 25.7 Å². The summed E-state index contributed by atoms with van der Waals surface area (Å²) in [5.74, 6) is 0.529. The van der Waals surface area contributed by atoms with Gasteiger partial charge in [0.05, 0.1) is 12.0 Å². The molecule has 2 unspecified atom stereocenters. The SMILES string of the molecule is COCC1(C)CC(C2CCCCC2)OC1=O. The number of carbonyl (C=O) groups is 1. The van der Waals surface area contributed by atoms with Gasteiger partial charge in [-0.3, -0.25) is 4.79 Å². The highest BCUT2D eigenvalue weighted by atomic mass is 16.6. The quantitative estimate of drug-likeness (QED) is 0.694. The van der Waals surface area contributed by atoms with Crippen molar-refractivity contribution in [3.05, 3.63) is 0 Å². The molecule has 2 rings (SSSR count). The number of carbonyl (C=O) groups excluding carboxylic acids is 1. The lowest BCUT2D eigenvalue weighted by atomic mass is 9.79. The predicted octanol–water partition coefficient (Wildman–Crippen LogP) is 2.53. The van der Waals surface area contributed by atoms with Crippen LogP contribution in [0.25, 0.3) is 0 Å². The Kier molecular flexibility index (Phi) is 3.53. The summed E-state index contributed by atoms with van der Waals surface area (Å²) in [6.07, 6.45) is 7.35. The molecule has 1 aliphatic heterocycles. The number of hydrogen-bond donors (Lipinski definition) is 0. The highest BCUT2D eigenvalue weighted by molar-refractivity contribution is 5.78. The number of rotatable bonds is 3. The molecule has 1 saturated heterocycles. The van der Waals surface area contributed by atoms with Crippen molar-refractivity contribution in [2.75, 3.05) is 13.7 Å². The third kappa shape index (κ3) is 2.24. The van der Waals surface area contributed by atoms with Gasteiger partial charge in [0, 0.05) is 13.5 Å². The van der Waals surface area contributed by atoms with Gasteiger partial charge < -0.3 is 9.47 Å². The summed E-state index contributed by atoms with van der Waals surface area (Å²) in [5, 5.41) is 0. The Morgan fingerprint density at radius 3 is 2.69 bits per heavy atom. The van der Waals surface area contributed by atoms with E-state index in [-0.39, 0.29) is 12.1 Å². The lowest BCUT2D eigenvalue weighted by Crippen LogP contribution is -2.28. The maximum Gasteiger partial charge on any atom is 0.314 e. The average Bonchev–Trinajstić information content (AvgIpc) is 2.57. The molecule has 0 N–H and O–H groups in total. The second-order valence-electron chi connectivity index (χ2n) is 5.54. The first kappa shape index (κ1) is 11.9. The van der Waals surface area contributed by atoms with Gasteiger partial charge in [-0.25, -0.2) is 0 Å². The molecule has 0 aromatic rings. The lowest BCUT2D eigenvalue weighted by molar-refractivity contribution is -0.151. The summed E-state index contributed by atoms with van der Waals surface area (Å²) < 4.78 is 10.7. The molecule has 0 bridgehead atoms. The first-order valence-corrected chi connectivity index (χ1v) is 6.36. The van der Waals surface area contributed by atoms with Gasteiger partial charge in [0.15, 0.2) is 0 Å². The average molecular weight is 226 g/mol. The van der Waals surface area contributed by atoms with Crippen LogP contribution in [0.3, 0.4) is 0 Å². The zero-order chi connectivity index (χ0) is 11.6. The fourth-order valence-corrected chi connectivity index (χ4v) is 3.05. The van der Waals surface area contributed by atoms with Gasteiger partial charge in [-0.1, -0.05) is 19.3 Å². The smallest absolute Gasteiger partial charge is 0.314 e. The van der Waals surface area contributed by atoms with Crippen LogP contribution in [0.2, 0.25) is 0 Å². The van der Waals surface area contributed by atoms with Crippen molar-refractivity contribution >= 4 is 5.97 Å². The van der Waals surface area contributed by atoms with Gasteiger partial charge in [-0.15, -0.1) is 0 Å². The van der Waals surface area contributed by atoms with Gasteiger partial charge in [0.1, 0.15) is 6.10 Å². The summed E-state index contributed by atoms with van der Waals surface area (Å²) in [7, 11) is 1.65.